The van der Waals surface area contributed by atoms with E-state index in [1.807, 2.05) is 0 Å². The average molecular weight is 579 g/mol. The van der Waals surface area contributed by atoms with Crippen molar-refractivity contribution in [3.63, 3.8) is 0 Å². The van der Waals surface area contributed by atoms with Crippen molar-refractivity contribution in [2.45, 2.75) is 62.4 Å². The van der Waals surface area contributed by atoms with Gasteiger partial charge in [-0.25, -0.2) is 0 Å². The summed E-state index contributed by atoms with van der Waals surface area (Å²) in [7, 11) is 1.32. The lowest BCUT2D eigenvalue weighted by Crippen LogP contribution is -3.00. The molecule has 1 fully saturated rings. The first kappa shape index (κ1) is 29.9. The summed E-state index contributed by atoms with van der Waals surface area (Å²) >= 11 is 0. The zero-order chi connectivity index (χ0) is 28.4. The summed E-state index contributed by atoms with van der Waals surface area (Å²) in [4.78, 5) is 39.7. The van der Waals surface area contributed by atoms with Gasteiger partial charge in [0.1, 0.15) is 29.5 Å². The number of hydrogen-bond acceptors (Lipinski definition) is 12. The summed E-state index contributed by atoms with van der Waals surface area (Å²) in [6.07, 6.45) is -5.12. The molecule has 2 aromatic carbocycles. The maximum Gasteiger partial charge on any atom is 0.202 e. The minimum absolute atomic E-state index is 0. The molecule has 2 aromatic rings. The van der Waals surface area contributed by atoms with Gasteiger partial charge < -0.3 is 57.9 Å². The lowest BCUT2D eigenvalue weighted by Gasteiger charge is -2.42. The van der Waals surface area contributed by atoms with Crippen LogP contribution in [-0.2, 0) is 20.7 Å². The van der Waals surface area contributed by atoms with Crippen LogP contribution >= 0.6 is 0 Å². The van der Waals surface area contributed by atoms with Gasteiger partial charge in [0.05, 0.1) is 42.1 Å². The second-order valence-electron chi connectivity index (χ2n) is 10.2. The van der Waals surface area contributed by atoms with Crippen molar-refractivity contribution in [2.24, 2.45) is 5.73 Å². The fourth-order valence-electron chi connectivity index (χ4n) is 5.75. The number of nitrogens with two attached hydrogens (primary N) is 1. The minimum Gasteiger partial charge on any atom is -1.00 e. The van der Waals surface area contributed by atoms with Gasteiger partial charge in [-0.2, -0.15) is 0 Å². The first-order valence-corrected chi connectivity index (χ1v) is 12.4. The largest absolute Gasteiger partial charge is 1.00 e. The number of hydrogen-bond donors (Lipinski definition) is 6. The summed E-state index contributed by atoms with van der Waals surface area (Å²) < 4.78 is 17.0. The van der Waals surface area contributed by atoms with Crippen LogP contribution in [0.3, 0.4) is 0 Å². The highest BCUT2D eigenvalue weighted by molar-refractivity contribution is 6.31. The fourth-order valence-corrected chi connectivity index (χ4v) is 5.75. The molecule has 2 aliphatic carbocycles. The van der Waals surface area contributed by atoms with Crippen LogP contribution in [0.25, 0.3) is 0 Å². The van der Waals surface area contributed by atoms with E-state index < -0.39 is 95.7 Å². The molecule has 3 aliphatic rings. The van der Waals surface area contributed by atoms with Gasteiger partial charge in [0.15, 0.2) is 17.9 Å². The number of phenolic OH excluding ortho intramolecular Hbond substituents is 2. The molecule has 0 spiro atoms. The van der Waals surface area contributed by atoms with Crippen molar-refractivity contribution < 1.29 is 66.5 Å². The number of aromatic hydroxyl groups is 2. The maximum absolute atomic E-state index is 13.6. The Balaban J connectivity index is 0.00000370. The van der Waals surface area contributed by atoms with Crippen LogP contribution in [0.4, 0.5) is 0 Å². The van der Waals surface area contributed by atoms with Crippen molar-refractivity contribution in [1.29, 1.82) is 0 Å². The molecule has 7 N–H and O–H groups in total. The number of aliphatic hydroxyl groups is 3. The number of carbonyl (C=O) groups excluding carboxylic acids is 3. The van der Waals surface area contributed by atoms with E-state index in [1.165, 1.54) is 25.3 Å². The minimum atomic E-state index is -2.24. The van der Waals surface area contributed by atoms with E-state index in [2.05, 4.69) is 0 Å². The summed E-state index contributed by atoms with van der Waals surface area (Å²) in [5, 5.41) is 53.7. The van der Waals surface area contributed by atoms with Gasteiger partial charge in [-0.1, -0.05) is 12.1 Å². The summed E-state index contributed by atoms with van der Waals surface area (Å²) in [5.41, 5.74) is 2.37. The molecule has 13 heteroatoms. The molecule has 0 radical (unpaired) electrons. The molecular formula is C27H29ClNO11-. The second-order valence-corrected chi connectivity index (χ2v) is 10.2. The third-order valence-corrected chi connectivity index (χ3v) is 7.81. The first-order chi connectivity index (χ1) is 18.4. The van der Waals surface area contributed by atoms with Crippen LogP contribution in [0.1, 0.15) is 68.8 Å². The molecule has 1 saturated heterocycles. The van der Waals surface area contributed by atoms with E-state index >= 15 is 0 Å². The topological polar surface area (TPSA) is 206 Å². The van der Waals surface area contributed by atoms with Crippen LogP contribution in [0.5, 0.6) is 17.2 Å². The lowest BCUT2D eigenvalue weighted by molar-refractivity contribution is -0.247. The summed E-state index contributed by atoms with van der Waals surface area (Å²) in [6.45, 7) is 0.560. The molecule has 1 heterocycles. The number of halogens is 1. The Kier molecular flexibility index (Phi) is 8.00. The highest BCUT2D eigenvalue weighted by atomic mass is 35.5. The Morgan fingerprint density at radius 3 is 2.45 bits per heavy atom. The fraction of sp³-hybridized carbons (Fsp3) is 0.444. The molecule has 0 amide bonds. The van der Waals surface area contributed by atoms with Gasteiger partial charge in [0.25, 0.3) is 0 Å². The van der Waals surface area contributed by atoms with Gasteiger partial charge in [0, 0.05) is 42.0 Å². The van der Waals surface area contributed by atoms with E-state index in [0.717, 1.165) is 0 Å². The highest BCUT2D eigenvalue weighted by Crippen LogP contribution is 2.52. The number of benzene rings is 2. The van der Waals surface area contributed by atoms with Gasteiger partial charge in [-0.15, -0.1) is 0 Å². The van der Waals surface area contributed by atoms with Gasteiger partial charge in [-0.05, 0) is 13.0 Å². The number of fused-ring (bicyclic) bond motifs is 3. The SMILES string of the molecule is COc1cccc2c1C(=O)c1c(O)c3c(c(O)c1C2=O)C[C@@](O)(C(=O)CO)C[C@@H]3O[C@H]1C[C@H](N)[C@H](O)[C@H](C)O1.[Cl-]. The smallest absolute Gasteiger partial charge is 0.202 e. The monoisotopic (exact) mass is 578 g/mol. The molecule has 12 nitrogen and oxygen atoms in total. The van der Waals surface area contributed by atoms with Crippen molar-refractivity contribution in [2.75, 3.05) is 13.7 Å². The molecule has 40 heavy (non-hydrogen) atoms. The number of carbonyl (C=O) groups is 3. The van der Waals surface area contributed by atoms with E-state index in [-0.39, 0.29) is 46.8 Å². The quantitative estimate of drug-likeness (QED) is 0.168. The lowest BCUT2D eigenvalue weighted by atomic mass is 9.72. The van der Waals surface area contributed by atoms with Crippen LogP contribution in [-0.4, -0.2) is 86.7 Å². The van der Waals surface area contributed by atoms with E-state index in [9.17, 15) is 39.9 Å². The van der Waals surface area contributed by atoms with Gasteiger partial charge >= 0.3 is 0 Å². The number of aliphatic hydroxyl groups excluding tert-OH is 2. The van der Waals surface area contributed by atoms with Crippen LogP contribution in [0.2, 0.25) is 0 Å². The van der Waals surface area contributed by atoms with Crippen LogP contribution in [0, 0.1) is 0 Å². The molecular weight excluding hydrogens is 550 g/mol. The number of phenols is 2. The third-order valence-electron chi connectivity index (χ3n) is 7.81. The Bertz CT molecular complexity index is 1380. The predicted octanol–water partition coefficient (Wildman–Crippen LogP) is -2.99. The normalized spacial score (nSPS) is 29.1. The molecule has 1 aliphatic heterocycles. The standard InChI is InChI=1S/C27H29NO11.ClH/c1-10-22(31)13(28)6-17(38-10)39-15-8-27(36,16(30)9-29)7-12-19(15)26(35)21-20(24(12)33)23(32)11-4-3-5-14(37-2)18(11)25(21)34;/h3-5,10,13,15,17,22,29,31,33,35-36H,6-9,28H2,1-2H3;1H/p-1/t10-,13-,15-,17-,22+,27-;/m0./s1. The zero-order valence-corrected chi connectivity index (χ0v) is 22.3. The van der Waals surface area contributed by atoms with E-state index in [4.69, 9.17) is 19.9 Å². The van der Waals surface area contributed by atoms with Gasteiger partial charge in [0.2, 0.25) is 5.78 Å². The molecule has 6 atom stereocenters. The summed E-state index contributed by atoms with van der Waals surface area (Å²) in [6, 6.07) is 3.64. The highest BCUT2D eigenvalue weighted by Gasteiger charge is 2.50. The molecule has 0 saturated carbocycles. The number of rotatable bonds is 5. The van der Waals surface area contributed by atoms with E-state index in [0.29, 0.717) is 0 Å². The molecule has 0 unspecified atom stereocenters. The predicted molar refractivity (Wildman–Crippen MR) is 132 cm³/mol. The number of ketones is 3. The Labute approximate surface area is 234 Å². The van der Waals surface area contributed by atoms with Crippen LogP contribution < -0.4 is 22.9 Å². The van der Waals surface area contributed by atoms with Crippen molar-refractivity contribution in [1.82, 2.24) is 0 Å². The first-order valence-electron chi connectivity index (χ1n) is 12.4. The number of methoxy groups -OCH3 is 1. The van der Waals surface area contributed by atoms with Gasteiger partial charge in [-0.3, -0.25) is 14.4 Å². The van der Waals surface area contributed by atoms with Crippen molar-refractivity contribution in [3.05, 3.63) is 51.6 Å². The van der Waals surface area contributed by atoms with Crippen LogP contribution in [0.15, 0.2) is 18.2 Å². The summed E-state index contributed by atoms with van der Waals surface area (Å²) in [5.74, 6) is -3.77. The Hall–Kier alpha value is -3.10. The average Bonchev–Trinajstić information content (AvgIpc) is 2.90. The Morgan fingerprint density at radius 2 is 1.82 bits per heavy atom. The number of Topliss-reactive ketones (excluding diaryl/α,β-unsaturated/α-hetero) is 1. The molecule has 5 rings (SSSR count). The molecule has 216 valence electrons. The Morgan fingerprint density at radius 1 is 1.15 bits per heavy atom. The van der Waals surface area contributed by atoms with Crippen molar-refractivity contribution in [3.8, 4) is 17.2 Å². The van der Waals surface area contributed by atoms with E-state index in [1.54, 1.807) is 6.92 Å². The number of ether oxygens (including phenoxy) is 3. The zero-order valence-electron chi connectivity index (χ0n) is 21.6. The second kappa shape index (κ2) is 10.7. The molecule has 0 bridgehead atoms. The maximum atomic E-state index is 13.6. The van der Waals surface area contributed by atoms with Crippen molar-refractivity contribution >= 4 is 17.3 Å². The third kappa shape index (κ3) is 4.45. The molecule has 0 aromatic heterocycles.